The average molecular weight is 450 g/mol. The molecule has 8 nitrogen and oxygen atoms in total. The van der Waals surface area contributed by atoms with Crippen molar-refractivity contribution in [3.8, 4) is 0 Å². The van der Waals surface area contributed by atoms with Crippen LogP contribution in [0.4, 0.5) is 0 Å². The number of hydrogen-bond acceptors (Lipinski definition) is 6. The van der Waals surface area contributed by atoms with Gasteiger partial charge in [-0.1, -0.05) is 42.1 Å². The van der Waals surface area contributed by atoms with Crippen molar-refractivity contribution >= 4 is 23.4 Å². The number of nitrogens with one attached hydrogen (secondary N) is 1. The first-order valence-electron chi connectivity index (χ1n) is 10.5. The second-order valence-corrected chi connectivity index (χ2v) is 8.81. The number of aryl methyl sites for hydroxylation is 3. The van der Waals surface area contributed by atoms with Gasteiger partial charge in [-0.3, -0.25) is 9.48 Å². The fourth-order valence-electron chi connectivity index (χ4n) is 3.57. The molecule has 0 radical (unpaired) electrons. The monoisotopic (exact) mass is 449 g/mol. The van der Waals surface area contributed by atoms with Crippen LogP contribution in [0.2, 0.25) is 0 Å². The van der Waals surface area contributed by atoms with E-state index in [9.17, 15) is 4.79 Å². The van der Waals surface area contributed by atoms with Gasteiger partial charge in [0.1, 0.15) is 0 Å². The zero-order chi connectivity index (χ0) is 22.8. The number of carbonyl (C=O) groups is 1. The van der Waals surface area contributed by atoms with Crippen molar-refractivity contribution in [1.82, 2.24) is 34.7 Å². The molecule has 3 heterocycles. The second kappa shape index (κ2) is 9.12. The predicted octanol–water partition coefficient (Wildman–Crippen LogP) is 3.32. The summed E-state index contributed by atoms with van der Waals surface area (Å²) in [6, 6.07) is 10.2. The molecule has 1 N–H and O–H groups in total. The van der Waals surface area contributed by atoms with Crippen LogP contribution in [-0.2, 0) is 17.9 Å². The van der Waals surface area contributed by atoms with Crippen LogP contribution in [0.5, 0.6) is 0 Å². The van der Waals surface area contributed by atoms with Crippen molar-refractivity contribution in [1.29, 1.82) is 0 Å². The van der Waals surface area contributed by atoms with Crippen LogP contribution >= 0.6 is 11.8 Å². The first-order chi connectivity index (χ1) is 15.3. The Morgan fingerprint density at radius 3 is 2.47 bits per heavy atom. The van der Waals surface area contributed by atoms with Gasteiger partial charge in [0.2, 0.25) is 11.1 Å². The van der Waals surface area contributed by atoms with Gasteiger partial charge in [0.25, 0.3) is 5.78 Å². The molecular formula is C23H27N7OS. The quantitative estimate of drug-likeness (QED) is 0.435. The van der Waals surface area contributed by atoms with Crippen LogP contribution in [0, 0.1) is 34.6 Å². The van der Waals surface area contributed by atoms with Gasteiger partial charge in [-0.15, -0.1) is 5.10 Å². The molecule has 0 atom stereocenters. The van der Waals surface area contributed by atoms with Crippen molar-refractivity contribution in [2.75, 3.05) is 5.75 Å². The van der Waals surface area contributed by atoms with Crippen molar-refractivity contribution in [2.45, 2.75) is 52.9 Å². The molecule has 1 aromatic carbocycles. The molecule has 0 fully saturated rings. The minimum Gasteiger partial charge on any atom is -0.351 e. The Bertz CT molecular complexity index is 1280. The van der Waals surface area contributed by atoms with Gasteiger partial charge in [-0.2, -0.15) is 10.1 Å². The van der Waals surface area contributed by atoms with E-state index in [0.29, 0.717) is 24.0 Å². The standard InChI is InChI=1S/C23H27N7OS/c1-14-15(2)25-22-26-23(28-30(22)17(14)4)32-13-21(31)24-11-20-16(3)27-29(18(20)5)12-19-9-7-6-8-10-19/h6-10H,11-13H2,1-5H3,(H,24,31). The summed E-state index contributed by atoms with van der Waals surface area (Å²) < 4.78 is 3.72. The van der Waals surface area contributed by atoms with E-state index in [1.54, 1.807) is 4.52 Å². The first kappa shape index (κ1) is 22.0. The summed E-state index contributed by atoms with van der Waals surface area (Å²) >= 11 is 1.31. The number of benzene rings is 1. The highest BCUT2D eigenvalue weighted by Crippen LogP contribution is 2.18. The third-order valence-corrected chi connectivity index (χ3v) is 6.58. The van der Waals surface area contributed by atoms with E-state index in [-0.39, 0.29) is 11.7 Å². The van der Waals surface area contributed by atoms with Crippen molar-refractivity contribution in [2.24, 2.45) is 0 Å². The van der Waals surface area contributed by atoms with Gasteiger partial charge in [-0.05, 0) is 45.7 Å². The van der Waals surface area contributed by atoms with E-state index >= 15 is 0 Å². The fourth-order valence-corrected chi connectivity index (χ4v) is 4.21. The molecule has 3 aromatic heterocycles. The van der Waals surface area contributed by atoms with Crippen LogP contribution in [0.25, 0.3) is 5.78 Å². The maximum absolute atomic E-state index is 12.5. The summed E-state index contributed by atoms with van der Waals surface area (Å²) in [7, 11) is 0. The van der Waals surface area contributed by atoms with E-state index in [0.717, 1.165) is 33.9 Å². The first-order valence-corrected chi connectivity index (χ1v) is 11.5. The maximum Gasteiger partial charge on any atom is 0.253 e. The van der Waals surface area contributed by atoms with Crippen molar-refractivity contribution in [3.05, 3.63) is 69.8 Å². The SMILES string of the molecule is Cc1nc2nc(SCC(=O)NCc3c(C)nn(Cc4ccccc4)c3C)nn2c(C)c1C. The molecule has 0 aliphatic carbocycles. The van der Waals surface area contributed by atoms with Gasteiger partial charge in [-0.25, -0.2) is 9.50 Å². The summed E-state index contributed by atoms with van der Waals surface area (Å²) in [4.78, 5) is 21.4. The molecule has 0 aliphatic heterocycles. The number of hydrogen-bond donors (Lipinski definition) is 1. The van der Waals surface area contributed by atoms with E-state index in [2.05, 4.69) is 37.6 Å². The Morgan fingerprint density at radius 1 is 0.969 bits per heavy atom. The van der Waals surface area contributed by atoms with Crippen molar-refractivity contribution in [3.63, 3.8) is 0 Å². The Kier molecular flexibility index (Phi) is 6.27. The number of thioether (sulfide) groups is 1. The molecule has 0 bridgehead atoms. The summed E-state index contributed by atoms with van der Waals surface area (Å²) in [5.41, 5.74) is 7.28. The molecule has 0 spiro atoms. The van der Waals surface area contributed by atoms with E-state index in [1.165, 1.54) is 17.3 Å². The smallest absolute Gasteiger partial charge is 0.253 e. The van der Waals surface area contributed by atoms with Gasteiger partial charge in [0.15, 0.2) is 0 Å². The highest BCUT2D eigenvalue weighted by Gasteiger charge is 2.15. The minimum absolute atomic E-state index is 0.0690. The highest BCUT2D eigenvalue weighted by atomic mass is 32.2. The van der Waals surface area contributed by atoms with Crippen LogP contribution in [0.3, 0.4) is 0 Å². The average Bonchev–Trinajstić information content (AvgIpc) is 3.30. The number of nitrogens with zero attached hydrogens (tertiary/aromatic N) is 6. The molecule has 4 aromatic rings. The van der Waals surface area contributed by atoms with Gasteiger partial charge in [0.05, 0.1) is 18.0 Å². The Hall–Kier alpha value is -3.20. The lowest BCUT2D eigenvalue weighted by Crippen LogP contribution is -2.25. The summed E-state index contributed by atoms with van der Waals surface area (Å²) in [5.74, 6) is 0.732. The third-order valence-electron chi connectivity index (χ3n) is 5.74. The van der Waals surface area contributed by atoms with Crippen LogP contribution < -0.4 is 5.32 Å². The third kappa shape index (κ3) is 4.52. The van der Waals surface area contributed by atoms with Crippen LogP contribution in [0.1, 0.15) is 39.5 Å². The highest BCUT2D eigenvalue weighted by molar-refractivity contribution is 7.99. The zero-order valence-corrected chi connectivity index (χ0v) is 19.8. The minimum atomic E-state index is -0.0690. The largest absolute Gasteiger partial charge is 0.351 e. The molecule has 166 valence electrons. The number of aromatic nitrogens is 6. The number of rotatable bonds is 7. The lowest BCUT2D eigenvalue weighted by molar-refractivity contribution is -0.118. The summed E-state index contributed by atoms with van der Waals surface area (Å²) in [5, 5.41) is 12.7. The van der Waals surface area contributed by atoms with Gasteiger partial charge < -0.3 is 5.32 Å². The Morgan fingerprint density at radius 2 is 1.72 bits per heavy atom. The van der Waals surface area contributed by atoms with Crippen LogP contribution in [-0.4, -0.2) is 41.0 Å². The van der Waals surface area contributed by atoms with E-state index in [4.69, 9.17) is 0 Å². The molecule has 32 heavy (non-hydrogen) atoms. The molecule has 0 aliphatic rings. The number of carbonyl (C=O) groups excluding carboxylic acids is 1. The normalized spacial score (nSPS) is 11.3. The number of amides is 1. The topological polar surface area (TPSA) is 90.0 Å². The maximum atomic E-state index is 12.5. The molecule has 0 saturated heterocycles. The van der Waals surface area contributed by atoms with Gasteiger partial charge >= 0.3 is 0 Å². The summed E-state index contributed by atoms with van der Waals surface area (Å²) in [6.45, 7) is 11.2. The Balaban J connectivity index is 1.36. The van der Waals surface area contributed by atoms with Crippen LogP contribution in [0.15, 0.2) is 35.5 Å². The molecular weight excluding hydrogens is 422 g/mol. The number of fused-ring (bicyclic) bond motifs is 1. The molecule has 0 unspecified atom stereocenters. The molecule has 4 rings (SSSR count). The molecule has 0 saturated carbocycles. The molecule has 1 amide bonds. The Labute approximate surface area is 191 Å². The zero-order valence-electron chi connectivity index (χ0n) is 19.0. The van der Waals surface area contributed by atoms with Gasteiger partial charge in [0, 0.05) is 29.2 Å². The lowest BCUT2D eigenvalue weighted by Gasteiger charge is -2.07. The van der Waals surface area contributed by atoms with E-state index < -0.39 is 0 Å². The molecule has 9 heteroatoms. The lowest BCUT2D eigenvalue weighted by atomic mass is 10.2. The fraction of sp³-hybridized carbons (Fsp3) is 0.348. The predicted molar refractivity (Wildman–Crippen MR) is 125 cm³/mol. The summed E-state index contributed by atoms with van der Waals surface area (Å²) in [6.07, 6.45) is 0. The second-order valence-electron chi connectivity index (χ2n) is 7.87. The van der Waals surface area contributed by atoms with Crippen molar-refractivity contribution < 1.29 is 4.79 Å². The van der Waals surface area contributed by atoms with E-state index in [1.807, 2.05) is 57.5 Å².